The van der Waals surface area contributed by atoms with E-state index in [1.54, 1.807) is 23.1 Å². The Labute approximate surface area is 261 Å². The quantitative estimate of drug-likeness (QED) is 0.305. The predicted octanol–water partition coefficient (Wildman–Crippen LogP) is 4.41. The van der Waals surface area contributed by atoms with Crippen molar-refractivity contribution in [3.8, 4) is 5.75 Å². The summed E-state index contributed by atoms with van der Waals surface area (Å²) in [6, 6.07) is 5.20. The summed E-state index contributed by atoms with van der Waals surface area (Å²) in [7, 11) is 6.17. The van der Waals surface area contributed by atoms with Crippen LogP contribution in [0.25, 0.3) is 5.57 Å². The van der Waals surface area contributed by atoms with Crippen LogP contribution in [0.5, 0.6) is 5.75 Å². The average molecular weight is 650 g/mol. The SMILES string of the molecule is CCCC(=O)N1c2ccc(OC)cc2C2=C(SC(C(=O)OC)=C(C(=O)OC)C23SC(C(=O)OC)=C(C(=O)OC)S3)C1(C)C. The molecule has 0 saturated heterocycles. The highest BCUT2D eigenvalue weighted by molar-refractivity contribution is 8.26. The maximum Gasteiger partial charge on any atom is 0.345 e. The lowest BCUT2D eigenvalue weighted by Crippen LogP contribution is -2.53. The summed E-state index contributed by atoms with van der Waals surface area (Å²) in [6.45, 7) is 5.57. The van der Waals surface area contributed by atoms with E-state index >= 15 is 0 Å². The first-order chi connectivity index (χ1) is 20.4. The van der Waals surface area contributed by atoms with Gasteiger partial charge in [-0.25, -0.2) is 19.2 Å². The maximum absolute atomic E-state index is 13.7. The summed E-state index contributed by atoms with van der Waals surface area (Å²) < 4.78 is 24.2. The Kier molecular flexibility index (Phi) is 9.33. The van der Waals surface area contributed by atoms with E-state index in [4.69, 9.17) is 23.7 Å². The van der Waals surface area contributed by atoms with Gasteiger partial charge in [0.2, 0.25) is 5.91 Å². The second-order valence-corrected chi connectivity index (χ2v) is 13.6. The Bertz CT molecular complexity index is 1500. The second-order valence-electron chi connectivity index (χ2n) is 9.88. The minimum atomic E-state index is -1.65. The van der Waals surface area contributed by atoms with Gasteiger partial charge in [0, 0.05) is 22.5 Å². The van der Waals surface area contributed by atoms with Gasteiger partial charge in [-0.2, -0.15) is 0 Å². The Morgan fingerprint density at radius 3 is 1.81 bits per heavy atom. The van der Waals surface area contributed by atoms with Gasteiger partial charge >= 0.3 is 23.9 Å². The molecule has 1 aromatic rings. The Morgan fingerprint density at radius 1 is 0.791 bits per heavy atom. The molecule has 0 radical (unpaired) electrons. The Morgan fingerprint density at radius 2 is 1.33 bits per heavy atom. The van der Waals surface area contributed by atoms with Crippen LogP contribution < -0.4 is 9.64 Å². The number of benzene rings is 1. The van der Waals surface area contributed by atoms with Gasteiger partial charge in [0.05, 0.1) is 52.3 Å². The predicted molar refractivity (Wildman–Crippen MR) is 164 cm³/mol. The van der Waals surface area contributed by atoms with Gasteiger partial charge < -0.3 is 28.6 Å². The summed E-state index contributed by atoms with van der Waals surface area (Å²) in [5.41, 5.74) is 0.314. The lowest BCUT2D eigenvalue weighted by Gasteiger charge is -2.50. The van der Waals surface area contributed by atoms with Gasteiger partial charge in [-0.15, -0.1) is 0 Å². The van der Waals surface area contributed by atoms with Crippen LogP contribution in [0.4, 0.5) is 5.69 Å². The van der Waals surface area contributed by atoms with Crippen LogP contribution in [0.3, 0.4) is 0 Å². The molecule has 0 N–H and O–H groups in total. The molecule has 0 bridgehead atoms. The number of carbonyl (C=O) groups is 5. The number of hydrogen-bond donors (Lipinski definition) is 0. The first kappa shape index (κ1) is 32.6. The molecule has 0 fully saturated rings. The van der Waals surface area contributed by atoms with Crippen molar-refractivity contribution >= 4 is 76.3 Å². The molecule has 0 atom stereocenters. The van der Waals surface area contributed by atoms with Crippen molar-refractivity contribution in [2.75, 3.05) is 40.4 Å². The summed E-state index contributed by atoms with van der Waals surface area (Å²) in [4.78, 5) is 68.8. The van der Waals surface area contributed by atoms with Gasteiger partial charge in [0.25, 0.3) is 0 Å². The van der Waals surface area contributed by atoms with Crippen molar-refractivity contribution in [3.05, 3.63) is 49.0 Å². The van der Waals surface area contributed by atoms with Gasteiger partial charge in [0.15, 0.2) is 0 Å². The molecule has 230 valence electrons. The van der Waals surface area contributed by atoms with E-state index in [2.05, 4.69) is 0 Å². The molecule has 0 saturated carbocycles. The fourth-order valence-electron chi connectivity index (χ4n) is 5.20. The molecule has 1 aromatic carbocycles. The highest BCUT2D eigenvalue weighted by atomic mass is 32.2. The van der Waals surface area contributed by atoms with E-state index in [9.17, 15) is 24.0 Å². The monoisotopic (exact) mass is 649 g/mol. The lowest BCUT2D eigenvalue weighted by atomic mass is 9.83. The Hall–Kier alpha value is -3.36. The van der Waals surface area contributed by atoms with Crippen molar-refractivity contribution in [3.63, 3.8) is 0 Å². The van der Waals surface area contributed by atoms with Gasteiger partial charge in [-0.1, -0.05) is 42.2 Å². The number of methoxy groups -OCH3 is 5. The number of rotatable bonds is 7. The Balaban J connectivity index is 2.19. The third-order valence-corrected chi connectivity index (χ3v) is 11.7. The van der Waals surface area contributed by atoms with Crippen molar-refractivity contribution in [2.24, 2.45) is 0 Å². The minimum Gasteiger partial charge on any atom is -0.497 e. The first-order valence-electron chi connectivity index (χ1n) is 13.0. The summed E-state index contributed by atoms with van der Waals surface area (Å²) >= 11 is 2.73. The molecular weight excluding hydrogens is 619 g/mol. The van der Waals surface area contributed by atoms with Crippen LogP contribution in [-0.2, 0) is 42.9 Å². The standard InChI is InChI=1S/C29H31NO10S3/c1-9-10-17(31)30-16-12-11-14(36-4)13-15(16)18-23(28(30,2)3)41-20(25(33)38-6)19(24(32)37-5)29(18)42-21(26(34)39-7)22(43-29)27(35)40-8/h11-13H,9-10H2,1-8H3. The van der Waals surface area contributed by atoms with Crippen molar-refractivity contribution in [2.45, 2.75) is 43.2 Å². The number of amides is 1. The molecule has 0 aliphatic carbocycles. The van der Waals surface area contributed by atoms with E-state index in [-0.39, 0.29) is 32.6 Å². The first-order valence-corrected chi connectivity index (χ1v) is 15.5. The zero-order valence-corrected chi connectivity index (χ0v) is 27.4. The molecule has 14 heteroatoms. The number of ether oxygens (including phenoxy) is 5. The zero-order chi connectivity index (χ0) is 31.9. The van der Waals surface area contributed by atoms with Crippen LogP contribution in [-0.4, -0.2) is 75.0 Å². The molecular formula is C29H31NO10S3. The fourth-order valence-corrected chi connectivity index (χ4v) is 10.2. The van der Waals surface area contributed by atoms with E-state index in [0.29, 0.717) is 33.9 Å². The molecule has 0 aromatic heterocycles. The number of esters is 4. The van der Waals surface area contributed by atoms with Crippen LogP contribution in [0, 0.1) is 0 Å². The van der Waals surface area contributed by atoms with Crippen LogP contribution in [0.15, 0.2) is 43.4 Å². The van der Waals surface area contributed by atoms with E-state index in [1.165, 1.54) is 35.5 Å². The summed E-state index contributed by atoms with van der Waals surface area (Å²) in [5.74, 6) is -3.07. The third-order valence-electron chi connectivity index (χ3n) is 7.06. The van der Waals surface area contributed by atoms with Crippen LogP contribution >= 0.6 is 35.3 Å². The third kappa shape index (κ3) is 5.12. The number of hydrogen-bond acceptors (Lipinski definition) is 13. The molecule has 11 nitrogen and oxygen atoms in total. The molecule has 1 amide bonds. The molecule has 1 spiro atoms. The average Bonchev–Trinajstić information content (AvgIpc) is 3.39. The number of thioether (sulfide) groups is 3. The van der Waals surface area contributed by atoms with E-state index in [0.717, 1.165) is 35.3 Å². The number of fused-ring (bicyclic) bond motifs is 3. The lowest BCUT2D eigenvalue weighted by molar-refractivity contribution is -0.138. The van der Waals surface area contributed by atoms with Crippen molar-refractivity contribution in [1.29, 1.82) is 0 Å². The smallest absolute Gasteiger partial charge is 0.345 e. The van der Waals surface area contributed by atoms with Crippen LogP contribution in [0.1, 0.15) is 39.2 Å². The van der Waals surface area contributed by atoms with Gasteiger partial charge in [-0.05, 0) is 38.5 Å². The molecule has 43 heavy (non-hydrogen) atoms. The highest BCUT2D eigenvalue weighted by Gasteiger charge is 2.61. The zero-order valence-electron chi connectivity index (χ0n) is 24.9. The highest BCUT2D eigenvalue weighted by Crippen LogP contribution is 2.71. The van der Waals surface area contributed by atoms with Crippen molar-refractivity contribution in [1.82, 2.24) is 0 Å². The van der Waals surface area contributed by atoms with E-state index < -0.39 is 33.5 Å². The molecule has 3 aliphatic rings. The van der Waals surface area contributed by atoms with Gasteiger partial charge in [-0.3, -0.25) is 4.79 Å². The second kappa shape index (κ2) is 12.3. The van der Waals surface area contributed by atoms with Gasteiger partial charge in [0.1, 0.15) is 24.5 Å². The number of anilines is 1. The summed E-state index contributed by atoms with van der Waals surface area (Å²) in [5, 5.41) is 0. The largest absolute Gasteiger partial charge is 0.497 e. The molecule has 3 heterocycles. The van der Waals surface area contributed by atoms with E-state index in [1.807, 2.05) is 20.8 Å². The fraction of sp³-hybridized carbons (Fsp3) is 0.414. The molecule has 0 unspecified atom stereocenters. The minimum absolute atomic E-state index is 0.106. The normalized spacial score (nSPS) is 18.2. The topological polar surface area (TPSA) is 135 Å². The number of carbonyl (C=O) groups excluding carboxylic acids is 5. The number of nitrogens with zero attached hydrogens (tertiary/aromatic N) is 1. The van der Waals surface area contributed by atoms with Crippen LogP contribution in [0.2, 0.25) is 0 Å². The molecule has 4 rings (SSSR count). The summed E-state index contributed by atoms with van der Waals surface area (Å²) in [6.07, 6.45) is 0.852. The maximum atomic E-state index is 13.7. The van der Waals surface area contributed by atoms with Crippen molar-refractivity contribution < 1.29 is 47.7 Å². The molecule has 3 aliphatic heterocycles.